The second-order valence-electron chi connectivity index (χ2n) is 5.10. The van der Waals surface area contributed by atoms with Gasteiger partial charge in [0.2, 0.25) is 0 Å². The van der Waals surface area contributed by atoms with Crippen LogP contribution in [0.25, 0.3) is 0 Å². The molecule has 25 heavy (non-hydrogen) atoms. The molecular formula is C14H15N3O5S3. The molecule has 0 aromatic rings. The second kappa shape index (κ2) is 7.75. The highest BCUT2D eigenvalue weighted by Crippen LogP contribution is 2.37. The van der Waals surface area contributed by atoms with E-state index in [2.05, 4.69) is 10.5 Å². The second-order valence-corrected chi connectivity index (χ2v) is 8.37. The molecule has 0 aliphatic carbocycles. The molecular weight excluding hydrogens is 386 g/mol. The Labute approximate surface area is 156 Å². The van der Waals surface area contributed by atoms with Gasteiger partial charge in [0.25, 0.3) is 11.8 Å². The van der Waals surface area contributed by atoms with Gasteiger partial charge in [-0.3, -0.25) is 14.5 Å². The molecule has 134 valence electrons. The van der Waals surface area contributed by atoms with E-state index in [-0.39, 0.29) is 11.4 Å². The van der Waals surface area contributed by atoms with Crippen LogP contribution in [-0.2, 0) is 19.2 Å². The van der Waals surface area contributed by atoms with Gasteiger partial charge in [-0.25, -0.2) is 4.79 Å². The number of thioether (sulfide) groups is 3. The van der Waals surface area contributed by atoms with Gasteiger partial charge in [0.1, 0.15) is 24.2 Å². The Hall–Kier alpha value is -1.59. The topological polar surface area (TPSA) is 108 Å². The first-order valence-electron chi connectivity index (χ1n) is 7.29. The smallest absolute Gasteiger partial charge is 0.352 e. The van der Waals surface area contributed by atoms with Crippen LogP contribution in [0.4, 0.5) is 0 Å². The van der Waals surface area contributed by atoms with Crippen LogP contribution < -0.4 is 5.32 Å². The first-order valence-corrected chi connectivity index (χ1v) is 10.4. The van der Waals surface area contributed by atoms with E-state index in [0.29, 0.717) is 10.7 Å². The number of β-lactam (4-membered cyclic amide) rings is 1. The van der Waals surface area contributed by atoms with E-state index in [1.54, 1.807) is 11.8 Å². The third kappa shape index (κ3) is 3.53. The van der Waals surface area contributed by atoms with Crippen molar-refractivity contribution < 1.29 is 24.3 Å². The summed E-state index contributed by atoms with van der Waals surface area (Å²) < 4.78 is 0. The molecule has 3 aliphatic heterocycles. The summed E-state index contributed by atoms with van der Waals surface area (Å²) in [6, 6.07) is -0.774. The lowest BCUT2D eigenvalue weighted by Gasteiger charge is -2.48. The molecule has 0 saturated carbocycles. The van der Waals surface area contributed by atoms with Crippen molar-refractivity contribution in [3.63, 3.8) is 0 Å². The fraction of sp³-hybridized carbons (Fsp3) is 0.429. The first-order chi connectivity index (χ1) is 12.0. The maximum Gasteiger partial charge on any atom is 0.352 e. The summed E-state index contributed by atoms with van der Waals surface area (Å²) in [6.45, 7) is 0. The molecule has 1 fully saturated rings. The number of amides is 2. The predicted octanol–water partition coefficient (Wildman–Crippen LogP) is 0.679. The molecule has 8 nitrogen and oxygen atoms in total. The van der Waals surface area contributed by atoms with E-state index >= 15 is 0 Å². The Balaban J connectivity index is 1.72. The summed E-state index contributed by atoms with van der Waals surface area (Å²) in [5.41, 5.74) is 0.0905. The SMILES string of the molecule is CON=C(C(=O)NC1C(=O)N2C(C(=O)O)=CCS[C@@H]12)C1=CSCCS1. The van der Waals surface area contributed by atoms with Gasteiger partial charge in [-0.2, -0.15) is 0 Å². The van der Waals surface area contributed by atoms with Crippen molar-refractivity contribution >= 4 is 58.8 Å². The average Bonchev–Trinajstić information content (AvgIpc) is 2.63. The summed E-state index contributed by atoms with van der Waals surface area (Å²) in [5.74, 6) is 0.192. The number of nitrogens with one attached hydrogen (secondary N) is 1. The minimum atomic E-state index is -1.15. The predicted molar refractivity (Wildman–Crippen MR) is 98.2 cm³/mol. The maximum atomic E-state index is 12.6. The molecule has 0 aromatic carbocycles. The van der Waals surface area contributed by atoms with E-state index in [9.17, 15) is 14.4 Å². The van der Waals surface area contributed by atoms with Crippen LogP contribution in [0.2, 0.25) is 0 Å². The Morgan fingerprint density at radius 2 is 2.24 bits per heavy atom. The van der Waals surface area contributed by atoms with Crippen molar-refractivity contribution in [2.45, 2.75) is 11.4 Å². The Kier molecular flexibility index (Phi) is 5.64. The largest absolute Gasteiger partial charge is 0.477 e. The quantitative estimate of drug-likeness (QED) is 0.393. The molecule has 1 saturated heterocycles. The van der Waals surface area contributed by atoms with Crippen LogP contribution in [-0.4, -0.2) is 69.3 Å². The minimum Gasteiger partial charge on any atom is -0.477 e. The van der Waals surface area contributed by atoms with Crippen molar-refractivity contribution in [1.29, 1.82) is 0 Å². The molecule has 3 rings (SSSR count). The number of carbonyl (C=O) groups excluding carboxylic acids is 2. The number of fused-ring (bicyclic) bond motifs is 1. The number of carbonyl (C=O) groups is 3. The molecule has 3 heterocycles. The average molecular weight is 401 g/mol. The Morgan fingerprint density at radius 1 is 1.44 bits per heavy atom. The number of aliphatic carboxylic acids is 1. The number of carboxylic acid groups (broad SMARTS) is 1. The Morgan fingerprint density at radius 3 is 2.88 bits per heavy atom. The summed E-state index contributed by atoms with van der Waals surface area (Å²) >= 11 is 4.49. The van der Waals surface area contributed by atoms with Crippen molar-refractivity contribution in [1.82, 2.24) is 10.2 Å². The zero-order valence-corrected chi connectivity index (χ0v) is 15.6. The van der Waals surface area contributed by atoms with Crippen molar-refractivity contribution in [2.75, 3.05) is 24.4 Å². The van der Waals surface area contributed by atoms with E-state index in [0.717, 1.165) is 11.5 Å². The van der Waals surface area contributed by atoms with Crippen LogP contribution >= 0.6 is 35.3 Å². The zero-order valence-electron chi connectivity index (χ0n) is 13.1. The molecule has 2 amide bonds. The molecule has 0 aromatic heterocycles. The molecule has 11 heteroatoms. The number of oxime groups is 1. The highest BCUT2D eigenvalue weighted by Gasteiger charge is 2.53. The number of hydrogen-bond acceptors (Lipinski definition) is 8. The number of rotatable bonds is 5. The lowest BCUT2D eigenvalue weighted by atomic mass is 10.0. The zero-order chi connectivity index (χ0) is 18.0. The van der Waals surface area contributed by atoms with Gasteiger partial charge < -0.3 is 15.3 Å². The fourth-order valence-electron chi connectivity index (χ4n) is 2.53. The van der Waals surface area contributed by atoms with Crippen LogP contribution in [0.1, 0.15) is 0 Å². The lowest BCUT2D eigenvalue weighted by molar-refractivity contribution is -0.150. The van der Waals surface area contributed by atoms with Gasteiger partial charge in [-0.05, 0) is 11.5 Å². The number of carboxylic acids is 1. The van der Waals surface area contributed by atoms with Crippen molar-refractivity contribution in [3.8, 4) is 0 Å². The molecule has 0 spiro atoms. The molecule has 0 bridgehead atoms. The van der Waals surface area contributed by atoms with Gasteiger partial charge in [0, 0.05) is 22.2 Å². The minimum absolute atomic E-state index is 0.0352. The van der Waals surface area contributed by atoms with E-state index < -0.39 is 29.2 Å². The molecule has 2 N–H and O–H groups in total. The van der Waals surface area contributed by atoms with Gasteiger partial charge >= 0.3 is 5.97 Å². The fourth-order valence-corrected chi connectivity index (χ4v) is 5.79. The standard InChI is InChI=1S/C14H15N3O5S3/c1-22-16-9(8-6-23-4-5-24-8)11(18)15-10-12(19)17-7(14(20)21)2-3-25-13(10)17/h2,6,10,13H,3-5H2,1H3,(H,15,18)(H,20,21)/t10?,13-/m0/s1. The summed E-state index contributed by atoms with van der Waals surface area (Å²) in [6.07, 6.45) is 1.50. The molecule has 0 radical (unpaired) electrons. The van der Waals surface area contributed by atoms with Crippen molar-refractivity contribution in [2.24, 2.45) is 5.16 Å². The van der Waals surface area contributed by atoms with Crippen LogP contribution in [0.5, 0.6) is 0 Å². The van der Waals surface area contributed by atoms with E-state index in [4.69, 9.17) is 9.94 Å². The van der Waals surface area contributed by atoms with Gasteiger partial charge in [0.05, 0.1) is 0 Å². The van der Waals surface area contributed by atoms with E-state index in [1.165, 1.54) is 41.6 Å². The summed E-state index contributed by atoms with van der Waals surface area (Å²) in [7, 11) is 1.35. The monoisotopic (exact) mass is 401 g/mol. The van der Waals surface area contributed by atoms with Crippen LogP contribution in [0, 0.1) is 0 Å². The van der Waals surface area contributed by atoms with E-state index in [1.807, 2.05) is 5.41 Å². The molecule has 3 aliphatic rings. The lowest BCUT2D eigenvalue weighted by Crippen LogP contribution is -2.70. The number of hydrogen-bond donors (Lipinski definition) is 2. The summed E-state index contributed by atoms with van der Waals surface area (Å²) in [4.78, 5) is 42.8. The van der Waals surface area contributed by atoms with Gasteiger partial charge in [0.15, 0.2) is 5.71 Å². The maximum absolute atomic E-state index is 12.6. The van der Waals surface area contributed by atoms with Gasteiger partial charge in [-0.15, -0.1) is 35.3 Å². The molecule has 2 atom stereocenters. The third-order valence-electron chi connectivity index (χ3n) is 3.63. The first kappa shape index (κ1) is 18.2. The van der Waals surface area contributed by atoms with Crippen LogP contribution in [0.3, 0.4) is 0 Å². The number of nitrogens with zero attached hydrogens (tertiary/aromatic N) is 2. The summed E-state index contributed by atoms with van der Waals surface area (Å²) in [5, 5.41) is 17.1. The third-order valence-corrected chi connectivity index (χ3v) is 7.10. The normalized spacial score (nSPS) is 26.0. The molecule has 1 unspecified atom stereocenters. The van der Waals surface area contributed by atoms with Gasteiger partial charge in [-0.1, -0.05) is 5.16 Å². The Bertz CT molecular complexity index is 706. The highest BCUT2D eigenvalue weighted by atomic mass is 32.2. The highest BCUT2D eigenvalue weighted by molar-refractivity contribution is 8.10. The van der Waals surface area contributed by atoms with Crippen LogP contribution in [0.15, 0.2) is 27.2 Å². The van der Waals surface area contributed by atoms with Crippen molar-refractivity contribution in [3.05, 3.63) is 22.1 Å².